The van der Waals surface area contributed by atoms with Crippen LogP contribution in [0, 0.1) is 5.82 Å². The third-order valence-electron chi connectivity index (χ3n) is 2.84. The van der Waals surface area contributed by atoms with Gasteiger partial charge in [0.25, 0.3) is 0 Å². The van der Waals surface area contributed by atoms with E-state index in [1.54, 1.807) is 0 Å². The number of benzene rings is 1. The first-order chi connectivity index (χ1) is 9.50. The maximum absolute atomic E-state index is 13.5. The molecule has 20 heavy (non-hydrogen) atoms. The molecule has 1 N–H and O–H groups in total. The lowest BCUT2D eigenvalue weighted by atomic mass is 10.2. The Morgan fingerprint density at radius 2 is 2.25 bits per heavy atom. The van der Waals surface area contributed by atoms with Gasteiger partial charge in [-0.1, -0.05) is 17.7 Å². The molecule has 7 heteroatoms. The van der Waals surface area contributed by atoms with Crippen LogP contribution in [0.25, 0.3) is 6.08 Å². The van der Waals surface area contributed by atoms with Crippen molar-refractivity contribution in [3.05, 3.63) is 40.7 Å². The summed E-state index contributed by atoms with van der Waals surface area (Å²) in [5, 5.41) is 9.19. The van der Waals surface area contributed by atoms with Gasteiger partial charge in [-0.2, -0.15) is 0 Å². The zero-order valence-electron chi connectivity index (χ0n) is 10.3. The molecule has 1 amide bonds. The number of carboxylic acids is 1. The van der Waals surface area contributed by atoms with Crippen molar-refractivity contribution >= 4 is 41.3 Å². The lowest BCUT2D eigenvalue weighted by Gasteiger charge is -2.18. The second-order valence-electron chi connectivity index (χ2n) is 4.13. The van der Waals surface area contributed by atoms with Crippen LogP contribution in [-0.2, 0) is 9.59 Å². The van der Waals surface area contributed by atoms with Gasteiger partial charge in [-0.05, 0) is 18.2 Å². The minimum atomic E-state index is -1.04. The van der Waals surface area contributed by atoms with E-state index in [1.165, 1.54) is 40.9 Å². The Balaban J connectivity index is 2.15. The number of thioether (sulfide) groups is 1. The normalized spacial score (nSPS) is 18.7. The number of aliphatic carboxylic acids is 1. The largest absolute Gasteiger partial charge is 0.480 e. The average Bonchev–Trinajstić information content (AvgIpc) is 2.87. The summed E-state index contributed by atoms with van der Waals surface area (Å²) in [6, 6.07) is 3.38. The molecule has 1 saturated heterocycles. The van der Waals surface area contributed by atoms with Crippen LogP contribution < -0.4 is 0 Å². The second-order valence-corrected chi connectivity index (χ2v) is 5.54. The minimum Gasteiger partial charge on any atom is -0.480 e. The molecule has 0 saturated carbocycles. The monoisotopic (exact) mass is 315 g/mol. The number of carbonyl (C=O) groups excluding carboxylic acids is 1. The minimum absolute atomic E-state index is 0.112. The van der Waals surface area contributed by atoms with E-state index in [-0.39, 0.29) is 10.6 Å². The van der Waals surface area contributed by atoms with E-state index in [0.717, 1.165) is 6.08 Å². The molecule has 0 spiro atoms. The maximum atomic E-state index is 13.5. The predicted molar refractivity (Wildman–Crippen MR) is 76.0 cm³/mol. The smallest absolute Gasteiger partial charge is 0.327 e. The highest BCUT2D eigenvalue weighted by Crippen LogP contribution is 2.23. The van der Waals surface area contributed by atoms with E-state index >= 15 is 0 Å². The van der Waals surface area contributed by atoms with Gasteiger partial charge < -0.3 is 10.0 Å². The van der Waals surface area contributed by atoms with E-state index in [4.69, 9.17) is 16.7 Å². The SMILES string of the molecule is O=C(O)C1CSCN1C(=O)/C=C/c1c(F)cccc1Cl. The van der Waals surface area contributed by atoms with Crippen LogP contribution >= 0.6 is 23.4 Å². The summed E-state index contributed by atoms with van der Waals surface area (Å²) in [5.41, 5.74) is 0.112. The van der Waals surface area contributed by atoms with Crippen LogP contribution in [0.3, 0.4) is 0 Å². The molecule has 1 heterocycles. The van der Waals surface area contributed by atoms with Crippen molar-refractivity contribution in [1.82, 2.24) is 4.90 Å². The Morgan fingerprint density at radius 3 is 2.90 bits per heavy atom. The van der Waals surface area contributed by atoms with E-state index in [1.807, 2.05) is 0 Å². The van der Waals surface area contributed by atoms with E-state index in [9.17, 15) is 14.0 Å². The maximum Gasteiger partial charge on any atom is 0.327 e. The molecule has 1 aromatic carbocycles. The Hall–Kier alpha value is -1.53. The van der Waals surface area contributed by atoms with Crippen LogP contribution in [0.2, 0.25) is 5.02 Å². The Bertz CT molecular complexity index is 558. The van der Waals surface area contributed by atoms with Crippen molar-refractivity contribution in [2.75, 3.05) is 11.6 Å². The summed E-state index contributed by atoms with van der Waals surface area (Å²) >= 11 is 7.20. The summed E-state index contributed by atoms with van der Waals surface area (Å²) in [6.07, 6.45) is 2.41. The van der Waals surface area contributed by atoms with Gasteiger partial charge in [0, 0.05) is 17.4 Å². The Morgan fingerprint density at radius 1 is 1.50 bits per heavy atom. The van der Waals surface area contributed by atoms with E-state index in [0.29, 0.717) is 11.6 Å². The van der Waals surface area contributed by atoms with Crippen molar-refractivity contribution < 1.29 is 19.1 Å². The van der Waals surface area contributed by atoms with Gasteiger partial charge in [0.2, 0.25) is 5.91 Å². The van der Waals surface area contributed by atoms with Crippen molar-refractivity contribution in [1.29, 1.82) is 0 Å². The third kappa shape index (κ3) is 3.13. The molecule has 1 atom stereocenters. The van der Waals surface area contributed by atoms with Gasteiger partial charge >= 0.3 is 5.97 Å². The highest BCUT2D eigenvalue weighted by atomic mass is 35.5. The molecule has 1 aliphatic rings. The quantitative estimate of drug-likeness (QED) is 0.871. The van der Waals surface area contributed by atoms with Gasteiger partial charge in [-0.25, -0.2) is 9.18 Å². The van der Waals surface area contributed by atoms with Crippen molar-refractivity contribution in [3.8, 4) is 0 Å². The highest BCUT2D eigenvalue weighted by molar-refractivity contribution is 7.99. The summed E-state index contributed by atoms with van der Waals surface area (Å²) in [7, 11) is 0. The first-order valence-corrected chi connectivity index (χ1v) is 7.27. The van der Waals surface area contributed by atoms with Crippen LogP contribution in [-0.4, -0.2) is 39.6 Å². The molecule has 2 rings (SSSR count). The highest BCUT2D eigenvalue weighted by Gasteiger charge is 2.33. The molecule has 0 radical (unpaired) electrons. The molecule has 1 unspecified atom stereocenters. The van der Waals surface area contributed by atoms with Gasteiger partial charge in [-0.3, -0.25) is 4.79 Å². The fourth-order valence-corrected chi connectivity index (χ4v) is 3.17. The van der Waals surface area contributed by atoms with Crippen molar-refractivity contribution in [2.24, 2.45) is 0 Å². The van der Waals surface area contributed by atoms with E-state index < -0.39 is 23.7 Å². The molecule has 106 valence electrons. The van der Waals surface area contributed by atoms with Crippen LogP contribution in [0.15, 0.2) is 24.3 Å². The zero-order chi connectivity index (χ0) is 14.7. The number of carboxylic acid groups (broad SMARTS) is 1. The summed E-state index contributed by atoms with van der Waals surface area (Å²) < 4.78 is 13.5. The molecular formula is C13H11ClFNO3S. The lowest BCUT2D eigenvalue weighted by Crippen LogP contribution is -2.40. The van der Waals surface area contributed by atoms with Gasteiger partial charge in [-0.15, -0.1) is 11.8 Å². The van der Waals surface area contributed by atoms with Crippen molar-refractivity contribution in [3.63, 3.8) is 0 Å². The van der Waals surface area contributed by atoms with Gasteiger partial charge in [0.15, 0.2) is 0 Å². The summed E-state index contributed by atoms with van der Waals surface area (Å²) in [4.78, 5) is 24.2. The number of hydrogen-bond acceptors (Lipinski definition) is 3. The molecule has 4 nitrogen and oxygen atoms in total. The van der Waals surface area contributed by atoms with Crippen LogP contribution in [0.5, 0.6) is 0 Å². The van der Waals surface area contributed by atoms with Gasteiger partial charge in [0.1, 0.15) is 11.9 Å². The molecule has 0 bridgehead atoms. The molecule has 1 fully saturated rings. The molecule has 1 aromatic rings. The zero-order valence-corrected chi connectivity index (χ0v) is 11.8. The molecule has 0 aliphatic carbocycles. The standard InChI is InChI=1S/C13H11ClFNO3S/c14-9-2-1-3-10(15)8(9)4-5-12(17)16-7-20-6-11(16)13(18)19/h1-5,11H,6-7H2,(H,18,19)/b5-4+. The number of nitrogens with zero attached hydrogens (tertiary/aromatic N) is 1. The number of hydrogen-bond donors (Lipinski definition) is 1. The van der Waals surface area contributed by atoms with Crippen molar-refractivity contribution in [2.45, 2.75) is 6.04 Å². The lowest BCUT2D eigenvalue weighted by molar-refractivity contribution is -0.146. The van der Waals surface area contributed by atoms with E-state index in [2.05, 4.69) is 0 Å². The van der Waals surface area contributed by atoms with Crippen LogP contribution in [0.1, 0.15) is 5.56 Å². The number of amides is 1. The third-order valence-corrected chi connectivity index (χ3v) is 4.18. The first-order valence-electron chi connectivity index (χ1n) is 5.74. The summed E-state index contributed by atoms with van der Waals surface area (Å²) in [6.45, 7) is 0. The topological polar surface area (TPSA) is 57.6 Å². The summed E-state index contributed by atoms with van der Waals surface area (Å²) in [5.74, 6) is -1.38. The molecule has 1 aliphatic heterocycles. The number of halogens is 2. The molecular weight excluding hydrogens is 305 g/mol. The fraction of sp³-hybridized carbons (Fsp3) is 0.231. The fourth-order valence-electron chi connectivity index (χ4n) is 1.78. The van der Waals surface area contributed by atoms with Gasteiger partial charge in [0.05, 0.1) is 10.9 Å². The number of carbonyl (C=O) groups is 2. The predicted octanol–water partition coefficient (Wildman–Crippen LogP) is 2.48. The van der Waals surface area contributed by atoms with Crippen LogP contribution in [0.4, 0.5) is 4.39 Å². The average molecular weight is 316 g/mol. The first kappa shape index (κ1) is 14.9. The Kier molecular flexibility index (Phi) is 4.67. The number of rotatable bonds is 3. The second kappa shape index (κ2) is 6.28. The Labute approximate surface area is 124 Å². The molecule has 0 aromatic heterocycles.